The Morgan fingerprint density at radius 2 is 1.74 bits per heavy atom. The molecule has 0 unspecified atom stereocenters. The van der Waals surface area contributed by atoms with Gasteiger partial charge in [-0.05, 0) is 35.6 Å². The van der Waals surface area contributed by atoms with Gasteiger partial charge < -0.3 is 16.5 Å². The average molecular weight is 359 g/mol. The van der Waals surface area contributed by atoms with Crippen molar-refractivity contribution in [3.63, 3.8) is 0 Å². The monoisotopic (exact) mass is 359 g/mol. The summed E-state index contributed by atoms with van der Waals surface area (Å²) in [6, 6.07) is 15.1. The van der Waals surface area contributed by atoms with E-state index in [1.54, 1.807) is 6.07 Å². The zero-order chi connectivity index (χ0) is 19.2. The Balaban J connectivity index is 1.74. The summed E-state index contributed by atoms with van der Waals surface area (Å²) in [6.45, 7) is 0. The number of amides is 3. The molecular formula is C20H17N5O2. The quantitative estimate of drug-likeness (QED) is 0.569. The van der Waals surface area contributed by atoms with Crippen molar-refractivity contribution in [2.75, 3.05) is 5.32 Å². The number of anilines is 1. The highest BCUT2D eigenvalue weighted by Gasteiger charge is 2.44. The van der Waals surface area contributed by atoms with E-state index in [9.17, 15) is 14.9 Å². The molecule has 1 fully saturated rings. The summed E-state index contributed by atoms with van der Waals surface area (Å²) >= 11 is 0. The van der Waals surface area contributed by atoms with Crippen LogP contribution in [0.1, 0.15) is 28.8 Å². The molecule has 1 aliphatic carbocycles. The Kier molecular flexibility index (Phi) is 3.63. The minimum atomic E-state index is -0.786. The number of primary amides is 2. The third-order valence-electron chi connectivity index (χ3n) is 5.03. The first kappa shape index (κ1) is 16.7. The lowest BCUT2D eigenvalue weighted by molar-refractivity contribution is 0.100. The van der Waals surface area contributed by atoms with Crippen molar-refractivity contribution in [1.82, 2.24) is 4.98 Å². The van der Waals surface area contributed by atoms with Gasteiger partial charge in [0, 0.05) is 10.9 Å². The van der Waals surface area contributed by atoms with E-state index in [1.807, 2.05) is 36.4 Å². The van der Waals surface area contributed by atoms with Crippen LogP contribution in [-0.2, 0) is 5.41 Å². The molecule has 1 saturated carbocycles. The molecule has 3 aromatic rings. The number of benzene rings is 2. The highest BCUT2D eigenvalue weighted by atomic mass is 16.2. The molecule has 6 N–H and O–H groups in total. The number of nitrogens with zero attached hydrogens (tertiary/aromatic N) is 1. The molecule has 0 saturated heterocycles. The maximum Gasteiger partial charge on any atom is 0.317 e. The Labute approximate surface area is 155 Å². The number of urea groups is 1. The highest BCUT2D eigenvalue weighted by molar-refractivity contribution is 6.13. The van der Waals surface area contributed by atoms with E-state index in [0.29, 0.717) is 10.9 Å². The van der Waals surface area contributed by atoms with E-state index in [4.69, 9.17) is 11.5 Å². The van der Waals surface area contributed by atoms with Crippen molar-refractivity contribution in [1.29, 1.82) is 5.26 Å². The molecule has 1 heterocycles. The SMILES string of the molecule is N#CC1(c2ccc(-c3ccc4c(C(N)=O)c(NC(N)=O)[nH]c4c3)cc2)CC1. The number of nitriles is 1. The summed E-state index contributed by atoms with van der Waals surface area (Å²) in [5.41, 5.74) is 14.1. The molecule has 3 amide bonds. The fourth-order valence-electron chi connectivity index (χ4n) is 3.42. The zero-order valence-electron chi connectivity index (χ0n) is 14.4. The molecular weight excluding hydrogens is 342 g/mol. The second kappa shape index (κ2) is 5.88. The third-order valence-corrected chi connectivity index (χ3v) is 5.03. The van der Waals surface area contributed by atoms with Crippen molar-refractivity contribution in [2.45, 2.75) is 18.3 Å². The van der Waals surface area contributed by atoms with Crippen LogP contribution >= 0.6 is 0 Å². The predicted octanol–water partition coefficient (Wildman–Crippen LogP) is 2.98. The number of hydrogen-bond donors (Lipinski definition) is 4. The summed E-state index contributed by atoms with van der Waals surface area (Å²) in [6.07, 6.45) is 1.81. The van der Waals surface area contributed by atoms with E-state index in [1.165, 1.54) is 0 Å². The molecule has 1 aliphatic rings. The minimum Gasteiger partial charge on any atom is -0.365 e. The number of H-pyrrole nitrogens is 1. The minimum absolute atomic E-state index is 0.183. The predicted molar refractivity (Wildman–Crippen MR) is 102 cm³/mol. The smallest absolute Gasteiger partial charge is 0.317 e. The maximum absolute atomic E-state index is 11.8. The number of carbonyl (C=O) groups is 2. The molecule has 0 bridgehead atoms. The molecule has 0 spiro atoms. The largest absolute Gasteiger partial charge is 0.365 e. The molecule has 7 nitrogen and oxygen atoms in total. The molecule has 134 valence electrons. The van der Waals surface area contributed by atoms with Crippen LogP contribution in [0.25, 0.3) is 22.0 Å². The van der Waals surface area contributed by atoms with Crippen molar-refractivity contribution in [2.24, 2.45) is 11.5 Å². The van der Waals surface area contributed by atoms with E-state index in [-0.39, 0.29) is 16.8 Å². The van der Waals surface area contributed by atoms with Gasteiger partial charge in [0.25, 0.3) is 5.91 Å². The number of hydrogen-bond acceptors (Lipinski definition) is 3. The van der Waals surface area contributed by atoms with Crippen molar-refractivity contribution < 1.29 is 9.59 Å². The Bertz CT molecular complexity index is 1120. The summed E-state index contributed by atoms with van der Waals surface area (Å²) in [5.74, 6) is -0.476. The number of fused-ring (bicyclic) bond motifs is 1. The van der Waals surface area contributed by atoms with Gasteiger partial charge in [-0.15, -0.1) is 0 Å². The molecule has 0 radical (unpaired) electrons. The maximum atomic E-state index is 11.8. The number of aromatic nitrogens is 1. The van der Waals surface area contributed by atoms with Gasteiger partial charge in [0.2, 0.25) is 0 Å². The van der Waals surface area contributed by atoms with Crippen LogP contribution in [0.5, 0.6) is 0 Å². The number of rotatable bonds is 4. The Hall–Kier alpha value is -3.79. The van der Waals surface area contributed by atoms with E-state index < -0.39 is 11.9 Å². The van der Waals surface area contributed by atoms with E-state index >= 15 is 0 Å². The lowest BCUT2D eigenvalue weighted by Gasteiger charge is -2.08. The highest BCUT2D eigenvalue weighted by Crippen LogP contribution is 2.47. The molecule has 2 aromatic carbocycles. The van der Waals surface area contributed by atoms with Crippen LogP contribution in [0.2, 0.25) is 0 Å². The fraction of sp³-hybridized carbons (Fsp3) is 0.150. The van der Waals surface area contributed by atoms with Gasteiger partial charge in [0.05, 0.1) is 17.0 Å². The van der Waals surface area contributed by atoms with Gasteiger partial charge in [-0.3, -0.25) is 10.1 Å². The molecule has 0 aliphatic heterocycles. The fourth-order valence-corrected chi connectivity index (χ4v) is 3.42. The van der Waals surface area contributed by atoms with Gasteiger partial charge in [-0.25, -0.2) is 4.79 Å². The number of nitrogens with two attached hydrogens (primary N) is 2. The van der Waals surface area contributed by atoms with Crippen LogP contribution in [0.15, 0.2) is 42.5 Å². The van der Waals surface area contributed by atoms with Crippen LogP contribution in [0.3, 0.4) is 0 Å². The average Bonchev–Trinajstić information content (AvgIpc) is 3.36. The number of aromatic amines is 1. The van der Waals surface area contributed by atoms with Crippen molar-refractivity contribution in [3.05, 3.63) is 53.6 Å². The van der Waals surface area contributed by atoms with Crippen molar-refractivity contribution in [3.8, 4) is 17.2 Å². The summed E-state index contributed by atoms with van der Waals surface area (Å²) in [4.78, 5) is 25.9. The first-order chi connectivity index (χ1) is 12.9. The molecule has 4 rings (SSSR count). The molecule has 0 atom stereocenters. The summed E-state index contributed by atoms with van der Waals surface area (Å²) in [7, 11) is 0. The Morgan fingerprint density at radius 3 is 2.30 bits per heavy atom. The molecule has 7 heteroatoms. The standard InChI is InChI=1S/C20H17N5O2/c21-10-20(7-8-20)13-4-1-11(2-5-13)12-3-6-14-15(9-12)24-18(25-19(23)27)16(14)17(22)26/h1-6,9,24H,7-8H2,(H2,22,26)(H3,23,25,27). The third kappa shape index (κ3) is 2.77. The Morgan fingerprint density at radius 1 is 1.07 bits per heavy atom. The van der Waals surface area contributed by atoms with Gasteiger partial charge in [0.15, 0.2) is 0 Å². The normalized spacial score (nSPS) is 14.5. The van der Waals surface area contributed by atoms with Crippen LogP contribution < -0.4 is 16.8 Å². The lowest BCUT2D eigenvalue weighted by Crippen LogP contribution is -2.22. The van der Waals surface area contributed by atoms with Gasteiger partial charge in [-0.1, -0.05) is 36.4 Å². The lowest BCUT2D eigenvalue weighted by atomic mass is 9.95. The van der Waals surface area contributed by atoms with Crippen LogP contribution in [-0.4, -0.2) is 16.9 Å². The molecule has 27 heavy (non-hydrogen) atoms. The van der Waals surface area contributed by atoms with E-state index in [2.05, 4.69) is 16.4 Å². The first-order valence-electron chi connectivity index (χ1n) is 8.48. The van der Waals surface area contributed by atoms with Gasteiger partial charge >= 0.3 is 6.03 Å². The summed E-state index contributed by atoms with van der Waals surface area (Å²) in [5, 5.41) is 12.3. The second-order valence-electron chi connectivity index (χ2n) is 6.76. The first-order valence-corrected chi connectivity index (χ1v) is 8.48. The van der Waals surface area contributed by atoms with Gasteiger partial charge in [0.1, 0.15) is 5.82 Å². The molecule has 1 aromatic heterocycles. The zero-order valence-corrected chi connectivity index (χ0v) is 14.4. The van der Waals surface area contributed by atoms with Crippen LogP contribution in [0, 0.1) is 11.3 Å². The second-order valence-corrected chi connectivity index (χ2v) is 6.76. The number of carbonyl (C=O) groups excluding carboxylic acids is 2. The number of nitrogens with one attached hydrogen (secondary N) is 2. The van der Waals surface area contributed by atoms with E-state index in [0.717, 1.165) is 29.5 Å². The topological polar surface area (TPSA) is 138 Å². The van der Waals surface area contributed by atoms with Gasteiger partial charge in [-0.2, -0.15) is 5.26 Å². The van der Waals surface area contributed by atoms with Crippen molar-refractivity contribution >= 4 is 28.7 Å². The summed E-state index contributed by atoms with van der Waals surface area (Å²) < 4.78 is 0. The van der Waals surface area contributed by atoms with Crippen LogP contribution in [0.4, 0.5) is 10.6 Å².